The predicted octanol–water partition coefficient (Wildman–Crippen LogP) is 3.45. The first-order valence-corrected chi connectivity index (χ1v) is 6.00. The number of benzene rings is 1. The van der Waals surface area contributed by atoms with E-state index in [-0.39, 0.29) is 5.54 Å². The van der Waals surface area contributed by atoms with Gasteiger partial charge in [0.05, 0.1) is 0 Å². The Morgan fingerprint density at radius 2 is 2.06 bits per heavy atom. The van der Waals surface area contributed by atoms with E-state index in [4.69, 9.17) is 4.74 Å². The largest absolute Gasteiger partial charge is 0.489 e. The standard InChI is InChI=1S/C15H23NO/c1-6-9-17-14-8-7-12(2)10-13(14)11-16-15(3,4)5/h6-8,10,16H,1,9,11H2,2-5H3. The first kappa shape index (κ1) is 13.8. The molecule has 0 saturated carbocycles. The molecule has 2 heteroatoms. The maximum atomic E-state index is 5.65. The monoisotopic (exact) mass is 233 g/mol. The lowest BCUT2D eigenvalue weighted by molar-refractivity contribution is 0.352. The van der Waals surface area contributed by atoms with E-state index < -0.39 is 0 Å². The molecule has 0 saturated heterocycles. The number of rotatable bonds is 5. The highest BCUT2D eigenvalue weighted by Crippen LogP contribution is 2.20. The molecular weight excluding hydrogens is 210 g/mol. The summed E-state index contributed by atoms with van der Waals surface area (Å²) in [5.74, 6) is 0.937. The van der Waals surface area contributed by atoms with E-state index in [0.717, 1.165) is 12.3 Å². The fourth-order valence-corrected chi connectivity index (χ4v) is 1.50. The molecule has 1 aromatic carbocycles. The van der Waals surface area contributed by atoms with Gasteiger partial charge in [0.25, 0.3) is 0 Å². The molecular formula is C15H23NO. The van der Waals surface area contributed by atoms with Crippen LogP contribution in [0, 0.1) is 6.92 Å². The van der Waals surface area contributed by atoms with Crippen LogP contribution in [0.3, 0.4) is 0 Å². The maximum Gasteiger partial charge on any atom is 0.124 e. The normalized spacial score (nSPS) is 11.3. The van der Waals surface area contributed by atoms with Crippen molar-refractivity contribution in [3.8, 4) is 5.75 Å². The minimum Gasteiger partial charge on any atom is -0.489 e. The predicted molar refractivity (Wildman–Crippen MR) is 73.5 cm³/mol. The van der Waals surface area contributed by atoms with Crippen LogP contribution in [0.4, 0.5) is 0 Å². The molecule has 0 atom stereocenters. The average molecular weight is 233 g/mol. The van der Waals surface area contributed by atoms with Gasteiger partial charge in [-0.05, 0) is 33.8 Å². The zero-order valence-corrected chi connectivity index (χ0v) is 11.3. The molecule has 0 fully saturated rings. The van der Waals surface area contributed by atoms with Crippen molar-refractivity contribution >= 4 is 0 Å². The average Bonchev–Trinajstić information content (AvgIpc) is 2.24. The van der Waals surface area contributed by atoms with Crippen molar-refractivity contribution in [3.05, 3.63) is 42.0 Å². The molecule has 0 unspecified atom stereocenters. The van der Waals surface area contributed by atoms with Gasteiger partial charge < -0.3 is 10.1 Å². The Balaban J connectivity index is 2.79. The van der Waals surface area contributed by atoms with Gasteiger partial charge in [-0.15, -0.1) is 0 Å². The van der Waals surface area contributed by atoms with Gasteiger partial charge in [0.15, 0.2) is 0 Å². The smallest absolute Gasteiger partial charge is 0.124 e. The van der Waals surface area contributed by atoms with Crippen molar-refractivity contribution in [3.63, 3.8) is 0 Å². The van der Waals surface area contributed by atoms with E-state index in [1.807, 2.05) is 6.07 Å². The van der Waals surface area contributed by atoms with Gasteiger partial charge in [0.2, 0.25) is 0 Å². The van der Waals surface area contributed by atoms with Gasteiger partial charge in [0, 0.05) is 17.6 Å². The summed E-state index contributed by atoms with van der Waals surface area (Å²) >= 11 is 0. The molecule has 17 heavy (non-hydrogen) atoms. The van der Waals surface area contributed by atoms with Crippen LogP contribution in [-0.2, 0) is 6.54 Å². The van der Waals surface area contributed by atoms with Gasteiger partial charge in [0.1, 0.15) is 12.4 Å². The Hall–Kier alpha value is -1.28. The Bertz CT molecular complexity index is 377. The molecule has 1 rings (SSSR count). The van der Waals surface area contributed by atoms with E-state index in [2.05, 4.69) is 51.7 Å². The van der Waals surface area contributed by atoms with E-state index in [0.29, 0.717) is 6.61 Å². The molecule has 94 valence electrons. The molecule has 0 bridgehead atoms. The number of aryl methyl sites for hydroxylation is 1. The van der Waals surface area contributed by atoms with Gasteiger partial charge in [-0.25, -0.2) is 0 Å². The number of hydrogen-bond donors (Lipinski definition) is 1. The summed E-state index contributed by atoms with van der Waals surface area (Å²) in [4.78, 5) is 0. The molecule has 0 spiro atoms. The van der Waals surface area contributed by atoms with E-state index >= 15 is 0 Å². The van der Waals surface area contributed by atoms with Crippen LogP contribution in [0.5, 0.6) is 5.75 Å². The zero-order valence-electron chi connectivity index (χ0n) is 11.3. The second-order valence-corrected chi connectivity index (χ2v) is 5.31. The third kappa shape index (κ3) is 5.05. The Morgan fingerprint density at radius 1 is 1.35 bits per heavy atom. The van der Waals surface area contributed by atoms with Gasteiger partial charge in [-0.2, -0.15) is 0 Å². The molecule has 0 aliphatic carbocycles. The summed E-state index contributed by atoms with van der Waals surface area (Å²) in [5, 5.41) is 3.48. The van der Waals surface area contributed by atoms with Crippen molar-refractivity contribution in [2.75, 3.05) is 6.61 Å². The van der Waals surface area contributed by atoms with Crippen LogP contribution in [0.2, 0.25) is 0 Å². The molecule has 1 aromatic rings. The summed E-state index contributed by atoms with van der Waals surface area (Å²) in [6.45, 7) is 13.6. The zero-order chi connectivity index (χ0) is 12.9. The van der Waals surface area contributed by atoms with Crippen molar-refractivity contribution in [1.82, 2.24) is 5.32 Å². The number of nitrogens with one attached hydrogen (secondary N) is 1. The second-order valence-electron chi connectivity index (χ2n) is 5.31. The Morgan fingerprint density at radius 3 is 2.65 bits per heavy atom. The van der Waals surface area contributed by atoms with Gasteiger partial charge in [-0.3, -0.25) is 0 Å². The highest BCUT2D eigenvalue weighted by atomic mass is 16.5. The SMILES string of the molecule is C=CCOc1ccc(C)cc1CNC(C)(C)C. The van der Waals surface area contributed by atoms with Crippen LogP contribution in [0.1, 0.15) is 31.9 Å². The fourth-order valence-electron chi connectivity index (χ4n) is 1.50. The first-order chi connectivity index (χ1) is 7.92. The van der Waals surface area contributed by atoms with Crippen molar-refractivity contribution in [2.45, 2.75) is 39.8 Å². The van der Waals surface area contributed by atoms with Crippen LogP contribution in [0.15, 0.2) is 30.9 Å². The summed E-state index contributed by atoms with van der Waals surface area (Å²) < 4.78 is 5.65. The summed E-state index contributed by atoms with van der Waals surface area (Å²) in [7, 11) is 0. The lowest BCUT2D eigenvalue weighted by atomic mass is 10.1. The van der Waals surface area contributed by atoms with Crippen molar-refractivity contribution < 1.29 is 4.74 Å². The first-order valence-electron chi connectivity index (χ1n) is 6.00. The number of hydrogen-bond acceptors (Lipinski definition) is 2. The lowest BCUT2D eigenvalue weighted by Gasteiger charge is -2.21. The van der Waals surface area contributed by atoms with E-state index in [1.54, 1.807) is 6.08 Å². The molecule has 1 N–H and O–H groups in total. The number of ether oxygens (including phenoxy) is 1. The van der Waals surface area contributed by atoms with Gasteiger partial charge >= 0.3 is 0 Å². The van der Waals surface area contributed by atoms with Crippen LogP contribution in [-0.4, -0.2) is 12.1 Å². The fraction of sp³-hybridized carbons (Fsp3) is 0.467. The summed E-state index contributed by atoms with van der Waals surface area (Å²) in [6.07, 6.45) is 1.76. The van der Waals surface area contributed by atoms with Gasteiger partial charge in [-0.1, -0.05) is 30.4 Å². The summed E-state index contributed by atoms with van der Waals surface area (Å²) in [5.41, 5.74) is 2.56. The van der Waals surface area contributed by atoms with Crippen molar-refractivity contribution in [1.29, 1.82) is 0 Å². The molecule has 0 amide bonds. The molecule has 0 aromatic heterocycles. The molecule has 0 aliphatic heterocycles. The van der Waals surface area contributed by atoms with Crippen molar-refractivity contribution in [2.24, 2.45) is 0 Å². The molecule has 2 nitrogen and oxygen atoms in total. The molecule has 0 radical (unpaired) electrons. The maximum absolute atomic E-state index is 5.65. The molecule has 0 aliphatic rings. The summed E-state index contributed by atoms with van der Waals surface area (Å²) in [6, 6.07) is 6.26. The quantitative estimate of drug-likeness (QED) is 0.787. The Labute approximate surface area is 105 Å². The topological polar surface area (TPSA) is 21.3 Å². The highest BCUT2D eigenvalue weighted by molar-refractivity contribution is 5.37. The Kier molecular flexibility index (Phi) is 4.76. The molecule has 0 heterocycles. The minimum absolute atomic E-state index is 0.111. The second kappa shape index (κ2) is 5.87. The lowest BCUT2D eigenvalue weighted by Crippen LogP contribution is -2.35. The van der Waals surface area contributed by atoms with E-state index in [1.165, 1.54) is 11.1 Å². The third-order valence-electron chi connectivity index (χ3n) is 2.38. The van der Waals surface area contributed by atoms with Crippen LogP contribution >= 0.6 is 0 Å². The van der Waals surface area contributed by atoms with Crippen LogP contribution < -0.4 is 10.1 Å². The highest BCUT2D eigenvalue weighted by Gasteiger charge is 2.11. The third-order valence-corrected chi connectivity index (χ3v) is 2.38. The van der Waals surface area contributed by atoms with E-state index in [9.17, 15) is 0 Å². The minimum atomic E-state index is 0.111. The van der Waals surface area contributed by atoms with Crippen LogP contribution in [0.25, 0.3) is 0 Å².